The van der Waals surface area contributed by atoms with Gasteiger partial charge >= 0.3 is 5.97 Å². The van der Waals surface area contributed by atoms with Crippen LogP contribution in [-0.4, -0.2) is 22.1 Å². The van der Waals surface area contributed by atoms with Crippen molar-refractivity contribution >= 4 is 35.3 Å². The molecular weight excluding hydrogens is 378 g/mol. The number of fused-ring (bicyclic) bond motifs is 2. The van der Waals surface area contributed by atoms with Gasteiger partial charge in [0.1, 0.15) is 17.1 Å². The standard InChI is InChI=1S/C21H15NO5S/c23-12-2-5-15-18(8-12)27-19-9-13(24)3-6-16(19)20(15)14-4-1-11(22-10-28)7-17(14)21(25)26/h1-9,22-23,28H,10H2,(H,25,26). The van der Waals surface area contributed by atoms with Crippen LogP contribution in [0.3, 0.4) is 0 Å². The molecule has 140 valence electrons. The molecule has 1 aliphatic carbocycles. The number of hydrogen-bond acceptors (Lipinski definition) is 6. The first-order chi connectivity index (χ1) is 13.5. The van der Waals surface area contributed by atoms with Crippen molar-refractivity contribution in [3.8, 4) is 28.2 Å². The monoisotopic (exact) mass is 393 g/mol. The van der Waals surface area contributed by atoms with Gasteiger partial charge in [0.25, 0.3) is 0 Å². The summed E-state index contributed by atoms with van der Waals surface area (Å²) in [6.07, 6.45) is 0. The van der Waals surface area contributed by atoms with Crippen LogP contribution in [0.2, 0.25) is 0 Å². The number of carboxylic acid groups (broad SMARTS) is 1. The number of aromatic hydroxyl groups is 1. The van der Waals surface area contributed by atoms with Gasteiger partial charge in [-0.15, -0.1) is 0 Å². The molecule has 0 saturated carbocycles. The lowest BCUT2D eigenvalue weighted by atomic mass is 9.90. The van der Waals surface area contributed by atoms with Crippen LogP contribution in [0.5, 0.6) is 5.75 Å². The number of phenolic OH excluding ortho intramolecular Hbond substituents is 1. The fourth-order valence-electron chi connectivity index (χ4n) is 3.29. The summed E-state index contributed by atoms with van der Waals surface area (Å²) in [5.74, 6) is -0.403. The number of aromatic carboxylic acids is 1. The molecule has 4 rings (SSSR count). The molecule has 6 nitrogen and oxygen atoms in total. The van der Waals surface area contributed by atoms with Gasteiger partial charge in [-0.3, -0.25) is 4.79 Å². The van der Waals surface area contributed by atoms with E-state index in [0.717, 1.165) is 0 Å². The third kappa shape index (κ3) is 3.05. The molecule has 0 atom stereocenters. The Morgan fingerprint density at radius 3 is 2.57 bits per heavy atom. The van der Waals surface area contributed by atoms with Crippen LogP contribution in [0.4, 0.5) is 5.69 Å². The van der Waals surface area contributed by atoms with E-state index in [1.54, 1.807) is 24.3 Å². The number of carbonyl (C=O) groups is 1. The molecule has 0 bridgehead atoms. The van der Waals surface area contributed by atoms with Crippen molar-refractivity contribution in [2.75, 3.05) is 11.2 Å². The van der Waals surface area contributed by atoms with Crippen molar-refractivity contribution in [2.45, 2.75) is 0 Å². The topological polar surface area (TPSA) is 99.8 Å². The number of anilines is 1. The van der Waals surface area contributed by atoms with E-state index < -0.39 is 5.97 Å². The maximum Gasteiger partial charge on any atom is 0.336 e. The highest BCUT2D eigenvalue weighted by atomic mass is 32.1. The summed E-state index contributed by atoms with van der Waals surface area (Å²) >= 11 is 4.11. The minimum Gasteiger partial charge on any atom is -0.508 e. The van der Waals surface area contributed by atoms with E-state index in [0.29, 0.717) is 45.0 Å². The number of nitrogens with one attached hydrogen (secondary N) is 1. The van der Waals surface area contributed by atoms with Gasteiger partial charge in [0.15, 0.2) is 5.43 Å². The van der Waals surface area contributed by atoms with E-state index in [2.05, 4.69) is 17.9 Å². The average molecular weight is 393 g/mol. The lowest BCUT2D eigenvalue weighted by Gasteiger charge is -2.17. The number of benzene rings is 3. The summed E-state index contributed by atoms with van der Waals surface area (Å²) in [4.78, 5) is 23.8. The molecule has 1 aliphatic heterocycles. The molecule has 2 aromatic carbocycles. The second-order valence-electron chi connectivity index (χ2n) is 6.22. The van der Waals surface area contributed by atoms with Crippen molar-refractivity contribution in [1.82, 2.24) is 0 Å². The molecule has 0 saturated heterocycles. The third-order valence-corrected chi connectivity index (χ3v) is 4.64. The summed E-state index contributed by atoms with van der Waals surface area (Å²) in [5.41, 5.74) is 2.55. The quantitative estimate of drug-likeness (QED) is 0.235. The van der Waals surface area contributed by atoms with Crippen LogP contribution >= 0.6 is 12.6 Å². The number of thiol groups is 1. The molecule has 0 radical (unpaired) electrons. The number of carboxylic acids is 1. The Morgan fingerprint density at radius 2 is 1.82 bits per heavy atom. The highest BCUT2D eigenvalue weighted by Crippen LogP contribution is 2.42. The number of phenols is 1. The molecule has 7 heteroatoms. The average Bonchev–Trinajstić information content (AvgIpc) is 2.66. The Kier molecular flexibility index (Phi) is 4.44. The Hall–Kier alpha value is -3.45. The largest absolute Gasteiger partial charge is 0.508 e. The third-order valence-electron chi connectivity index (χ3n) is 4.48. The molecule has 1 heterocycles. The van der Waals surface area contributed by atoms with Crippen molar-refractivity contribution in [2.24, 2.45) is 0 Å². The van der Waals surface area contributed by atoms with Crippen molar-refractivity contribution < 1.29 is 19.4 Å². The van der Waals surface area contributed by atoms with E-state index in [4.69, 9.17) is 4.42 Å². The van der Waals surface area contributed by atoms with Crippen molar-refractivity contribution in [1.29, 1.82) is 0 Å². The second kappa shape index (κ2) is 6.94. The SMILES string of the molecule is O=C(O)c1cc(NCS)ccc1-c1c2ccc(=O)cc-2oc2cc(O)ccc12. The van der Waals surface area contributed by atoms with E-state index in [9.17, 15) is 19.8 Å². The van der Waals surface area contributed by atoms with Gasteiger partial charge in [0.2, 0.25) is 0 Å². The zero-order valence-corrected chi connectivity index (χ0v) is 15.4. The highest BCUT2D eigenvalue weighted by Gasteiger charge is 2.22. The summed E-state index contributed by atoms with van der Waals surface area (Å²) in [7, 11) is 0. The van der Waals surface area contributed by atoms with Crippen LogP contribution in [0.1, 0.15) is 10.4 Å². The van der Waals surface area contributed by atoms with Gasteiger partial charge in [-0.2, -0.15) is 12.6 Å². The molecule has 3 N–H and O–H groups in total. The predicted octanol–water partition coefficient (Wildman–Crippen LogP) is 4.27. The van der Waals surface area contributed by atoms with Gasteiger partial charge in [0, 0.05) is 34.3 Å². The summed E-state index contributed by atoms with van der Waals surface area (Å²) in [6.45, 7) is 0. The van der Waals surface area contributed by atoms with Gasteiger partial charge in [-0.05, 0) is 42.0 Å². The Bertz CT molecular complexity index is 1250. The molecule has 28 heavy (non-hydrogen) atoms. The molecule has 0 fully saturated rings. The zero-order chi connectivity index (χ0) is 19.8. The zero-order valence-electron chi connectivity index (χ0n) is 14.5. The van der Waals surface area contributed by atoms with E-state index in [1.807, 2.05) is 0 Å². The van der Waals surface area contributed by atoms with E-state index in [1.165, 1.54) is 30.3 Å². The minimum absolute atomic E-state index is 0.00612. The fraction of sp³-hybridized carbons (Fsp3) is 0.0476. The smallest absolute Gasteiger partial charge is 0.336 e. The fourth-order valence-corrected chi connectivity index (χ4v) is 3.47. The molecule has 0 amide bonds. The van der Waals surface area contributed by atoms with E-state index >= 15 is 0 Å². The first-order valence-corrected chi connectivity index (χ1v) is 9.03. The number of rotatable bonds is 4. The van der Waals surface area contributed by atoms with Crippen LogP contribution in [0.25, 0.3) is 33.4 Å². The summed E-state index contributed by atoms with van der Waals surface area (Å²) < 4.78 is 5.80. The van der Waals surface area contributed by atoms with Crippen molar-refractivity contribution in [3.05, 3.63) is 70.4 Å². The van der Waals surface area contributed by atoms with E-state index in [-0.39, 0.29) is 16.7 Å². The minimum atomic E-state index is -1.08. The van der Waals surface area contributed by atoms with Crippen LogP contribution < -0.4 is 10.7 Å². The lowest BCUT2D eigenvalue weighted by molar-refractivity contribution is 0.0698. The van der Waals surface area contributed by atoms with Crippen LogP contribution in [0.15, 0.2) is 63.8 Å². The summed E-state index contributed by atoms with van der Waals surface area (Å²) in [5, 5.41) is 23.2. The molecule has 0 spiro atoms. The van der Waals surface area contributed by atoms with Gasteiger partial charge in [-0.25, -0.2) is 4.79 Å². The lowest BCUT2D eigenvalue weighted by Crippen LogP contribution is -2.05. The Morgan fingerprint density at radius 1 is 1.04 bits per heavy atom. The normalized spacial score (nSPS) is 11.0. The second-order valence-corrected chi connectivity index (χ2v) is 6.53. The van der Waals surface area contributed by atoms with Crippen molar-refractivity contribution in [3.63, 3.8) is 0 Å². The molecular formula is C21H15NO5S. The first-order valence-electron chi connectivity index (χ1n) is 8.40. The van der Waals surface area contributed by atoms with Gasteiger partial charge in [0.05, 0.1) is 11.4 Å². The first kappa shape index (κ1) is 17.9. The maximum atomic E-state index is 12.0. The number of hydrogen-bond donors (Lipinski definition) is 4. The molecule has 2 aliphatic rings. The Labute approximate surface area is 164 Å². The molecule has 2 aromatic rings. The van der Waals surface area contributed by atoms with Crippen LogP contribution in [0, 0.1) is 0 Å². The van der Waals surface area contributed by atoms with Gasteiger partial charge < -0.3 is 19.9 Å². The maximum absolute atomic E-state index is 12.0. The van der Waals surface area contributed by atoms with Crippen LogP contribution in [-0.2, 0) is 0 Å². The summed E-state index contributed by atoms with van der Waals surface area (Å²) in [6, 6.07) is 14.0. The highest BCUT2D eigenvalue weighted by molar-refractivity contribution is 7.80. The molecule has 0 aromatic heterocycles. The van der Waals surface area contributed by atoms with Gasteiger partial charge in [-0.1, -0.05) is 6.07 Å². The Balaban J connectivity index is 2.13. The predicted molar refractivity (Wildman–Crippen MR) is 111 cm³/mol. The molecule has 0 unspecified atom stereocenters.